The second-order valence-electron chi connectivity index (χ2n) is 10.3. The van der Waals surface area contributed by atoms with E-state index >= 15 is 0 Å². The minimum Gasteiger partial charge on any atom is -0.394 e. The summed E-state index contributed by atoms with van der Waals surface area (Å²) in [4.78, 5) is 12.3. The number of hydrogen-bond acceptors (Lipinski definition) is 4. The number of unbranched alkanes of at least 4 members (excludes halogenated alkanes) is 11. The third kappa shape index (κ3) is 24.8. The Kier molecular flexibility index (Phi) is 27.6. The number of aliphatic hydroxyl groups is 3. The molecular formula is C34H59NO4. The Balaban J connectivity index is 3.94. The molecule has 224 valence electrons. The van der Waals surface area contributed by atoms with Crippen molar-refractivity contribution in [2.45, 2.75) is 141 Å². The maximum Gasteiger partial charge on any atom is 0.249 e. The number of hydrogen-bond donors (Lipinski definition) is 4. The van der Waals surface area contributed by atoms with E-state index in [1.165, 1.54) is 25.7 Å². The summed E-state index contributed by atoms with van der Waals surface area (Å²) in [5.41, 5.74) is 0. The summed E-state index contributed by atoms with van der Waals surface area (Å²) in [7, 11) is 0. The van der Waals surface area contributed by atoms with Gasteiger partial charge >= 0.3 is 0 Å². The van der Waals surface area contributed by atoms with Crippen molar-refractivity contribution in [3.63, 3.8) is 0 Å². The zero-order chi connectivity index (χ0) is 28.8. The van der Waals surface area contributed by atoms with Crippen molar-refractivity contribution in [1.29, 1.82) is 0 Å². The molecule has 3 unspecified atom stereocenters. The molecule has 0 radical (unpaired) electrons. The highest BCUT2D eigenvalue weighted by Gasteiger charge is 2.22. The monoisotopic (exact) mass is 545 g/mol. The quantitative estimate of drug-likeness (QED) is 0.0511. The fraction of sp³-hybridized carbons (Fsp3) is 0.676. The molecule has 0 spiro atoms. The molecule has 0 rings (SSSR count). The first kappa shape index (κ1) is 37.0. The van der Waals surface area contributed by atoms with E-state index < -0.39 is 30.8 Å². The fourth-order valence-electron chi connectivity index (χ4n) is 4.03. The molecule has 0 saturated heterocycles. The van der Waals surface area contributed by atoms with E-state index in [0.29, 0.717) is 6.42 Å². The SMILES string of the molecule is CCC/C=C/CC/C=C/CC/C=C/C(O)C(CO)NC(=O)C(O)CCCCCCC/C=C\C=C/CCCCC. The molecule has 5 nitrogen and oxygen atoms in total. The van der Waals surface area contributed by atoms with Gasteiger partial charge in [-0.3, -0.25) is 4.79 Å². The van der Waals surface area contributed by atoms with Gasteiger partial charge in [-0.2, -0.15) is 0 Å². The van der Waals surface area contributed by atoms with Gasteiger partial charge in [-0.1, -0.05) is 120 Å². The number of amides is 1. The summed E-state index contributed by atoms with van der Waals surface area (Å²) in [5, 5.41) is 32.7. The van der Waals surface area contributed by atoms with Crippen LogP contribution in [-0.4, -0.2) is 46.1 Å². The summed E-state index contributed by atoms with van der Waals surface area (Å²) in [6.45, 7) is 4.01. The molecular weight excluding hydrogens is 486 g/mol. The number of carbonyl (C=O) groups is 1. The summed E-state index contributed by atoms with van der Waals surface area (Å²) in [6, 6.07) is -0.826. The normalized spacial score (nSPS) is 14.9. The van der Waals surface area contributed by atoms with Gasteiger partial charge in [-0.25, -0.2) is 0 Å². The Morgan fingerprint density at radius 1 is 0.641 bits per heavy atom. The molecule has 0 bridgehead atoms. The molecule has 0 aliphatic heterocycles. The highest BCUT2D eigenvalue weighted by atomic mass is 16.3. The highest BCUT2D eigenvalue weighted by Crippen LogP contribution is 2.10. The first-order chi connectivity index (χ1) is 19.1. The van der Waals surface area contributed by atoms with Gasteiger partial charge in [0.2, 0.25) is 5.91 Å². The molecule has 1 amide bonds. The second kappa shape index (κ2) is 29.0. The Morgan fingerprint density at radius 3 is 1.77 bits per heavy atom. The van der Waals surface area contributed by atoms with Gasteiger partial charge in [0.1, 0.15) is 6.10 Å². The molecule has 0 aliphatic carbocycles. The van der Waals surface area contributed by atoms with Gasteiger partial charge in [-0.15, -0.1) is 0 Å². The van der Waals surface area contributed by atoms with Crippen LogP contribution in [0.25, 0.3) is 0 Å². The van der Waals surface area contributed by atoms with Crippen LogP contribution in [0.3, 0.4) is 0 Å². The van der Waals surface area contributed by atoms with Crippen molar-refractivity contribution in [3.05, 3.63) is 60.8 Å². The van der Waals surface area contributed by atoms with E-state index in [4.69, 9.17) is 0 Å². The van der Waals surface area contributed by atoms with E-state index in [9.17, 15) is 20.1 Å². The van der Waals surface area contributed by atoms with Crippen LogP contribution in [0.1, 0.15) is 123 Å². The van der Waals surface area contributed by atoms with Gasteiger partial charge in [0.25, 0.3) is 0 Å². The summed E-state index contributed by atoms with van der Waals surface area (Å²) in [5.74, 6) is -0.537. The Morgan fingerprint density at radius 2 is 1.18 bits per heavy atom. The predicted molar refractivity (Wildman–Crippen MR) is 167 cm³/mol. The zero-order valence-electron chi connectivity index (χ0n) is 25.0. The van der Waals surface area contributed by atoms with Gasteiger partial charge < -0.3 is 20.6 Å². The van der Waals surface area contributed by atoms with E-state index in [-0.39, 0.29) is 0 Å². The number of nitrogens with one attached hydrogen (secondary N) is 1. The molecule has 0 fully saturated rings. The van der Waals surface area contributed by atoms with Crippen molar-refractivity contribution >= 4 is 5.91 Å². The molecule has 5 heteroatoms. The largest absolute Gasteiger partial charge is 0.394 e. The summed E-state index contributed by atoms with van der Waals surface area (Å²) in [6.07, 6.45) is 36.5. The molecule has 0 aromatic heterocycles. The lowest BCUT2D eigenvalue weighted by Crippen LogP contribution is -2.48. The van der Waals surface area contributed by atoms with E-state index in [2.05, 4.69) is 67.8 Å². The van der Waals surface area contributed by atoms with Crippen LogP contribution in [0.4, 0.5) is 0 Å². The van der Waals surface area contributed by atoms with Crippen LogP contribution in [0.15, 0.2) is 60.8 Å². The molecule has 3 atom stereocenters. The highest BCUT2D eigenvalue weighted by molar-refractivity contribution is 5.80. The van der Waals surface area contributed by atoms with Crippen LogP contribution in [0.5, 0.6) is 0 Å². The number of aliphatic hydroxyl groups excluding tert-OH is 3. The maximum absolute atomic E-state index is 12.3. The van der Waals surface area contributed by atoms with Crippen molar-refractivity contribution in [2.24, 2.45) is 0 Å². The van der Waals surface area contributed by atoms with Crippen molar-refractivity contribution in [2.75, 3.05) is 6.61 Å². The Labute approximate surface area is 239 Å². The van der Waals surface area contributed by atoms with Crippen molar-refractivity contribution in [3.8, 4) is 0 Å². The molecule has 0 aromatic rings. The van der Waals surface area contributed by atoms with Crippen LogP contribution in [-0.2, 0) is 4.79 Å². The standard InChI is InChI=1S/C34H59NO4/c1-3-5-7-9-11-13-15-16-17-19-21-23-25-27-29-33(38)34(39)35-31(30-36)32(37)28-26-24-22-20-18-14-12-10-8-6-4-2/h8,10-11,13,15-16,18,20,26,28,31-33,36-38H,3-7,9,12,14,17,19,21-25,27,29-30H2,1-2H3,(H,35,39)/b10-8+,13-11-,16-15-,20-18+,28-26+. The smallest absolute Gasteiger partial charge is 0.249 e. The minimum atomic E-state index is -1.12. The lowest BCUT2D eigenvalue weighted by molar-refractivity contribution is -0.131. The molecule has 4 N–H and O–H groups in total. The molecule has 0 aliphatic rings. The van der Waals surface area contributed by atoms with Gasteiger partial charge in [0, 0.05) is 0 Å². The second-order valence-corrected chi connectivity index (χ2v) is 10.3. The molecule has 0 saturated carbocycles. The van der Waals surface area contributed by atoms with Gasteiger partial charge in [-0.05, 0) is 64.2 Å². The fourth-order valence-corrected chi connectivity index (χ4v) is 4.03. The minimum absolute atomic E-state index is 0.388. The summed E-state index contributed by atoms with van der Waals surface area (Å²) < 4.78 is 0. The van der Waals surface area contributed by atoms with E-state index in [1.54, 1.807) is 6.08 Å². The van der Waals surface area contributed by atoms with Crippen LogP contribution >= 0.6 is 0 Å². The summed E-state index contributed by atoms with van der Waals surface area (Å²) >= 11 is 0. The first-order valence-electron chi connectivity index (χ1n) is 15.6. The van der Waals surface area contributed by atoms with Crippen LogP contribution in [0, 0.1) is 0 Å². The number of rotatable bonds is 26. The van der Waals surface area contributed by atoms with Crippen LogP contribution in [0.2, 0.25) is 0 Å². The average Bonchev–Trinajstić information content (AvgIpc) is 2.94. The topological polar surface area (TPSA) is 89.8 Å². The third-order valence-corrected chi connectivity index (χ3v) is 6.57. The Bertz CT molecular complexity index is 695. The van der Waals surface area contributed by atoms with Crippen molar-refractivity contribution in [1.82, 2.24) is 5.32 Å². The zero-order valence-corrected chi connectivity index (χ0v) is 25.0. The van der Waals surface area contributed by atoms with E-state index in [0.717, 1.165) is 77.0 Å². The molecule has 0 aromatic carbocycles. The number of allylic oxidation sites excluding steroid dienone is 9. The maximum atomic E-state index is 12.3. The third-order valence-electron chi connectivity index (χ3n) is 6.57. The van der Waals surface area contributed by atoms with Gasteiger partial charge in [0.15, 0.2) is 0 Å². The predicted octanol–water partition coefficient (Wildman–Crippen LogP) is 7.64. The van der Waals surface area contributed by atoms with Crippen LogP contribution < -0.4 is 5.32 Å². The lowest BCUT2D eigenvalue weighted by atomic mass is 10.1. The number of carbonyl (C=O) groups excluding carboxylic acids is 1. The lowest BCUT2D eigenvalue weighted by Gasteiger charge is -2.21. The van der Waals surface area contributed by atoms with E-state index in [1.807, 2.05) is 6.08 Å². The molecule has 0 heterocycles. The van der Waals surface area contributed by atoms with Gasteiger partial charge in [0.05, 0.1) is 18.8 Å². The Hall–Kier alpha value is -1.95. The first-order valence-corrected chi connectivity index (χ1v) is 15.6. The van der Waals surface area contributed by atoms with Crippen molar-refractivity contribution < 1.29 is 20.1 Å². The molecule has 39 heavy (non-hydrogen) atoms. The average molecular weight is 546 g/mol.